The number of cyclic esters (lactones) is 1. The SMILES string of the molecule is COc1ccc2c(c1OC)C(=O)O[C@@H]2CC(=O)Nc1cccc(-c2ncn[nH]2)c1. The monoisotopic (exact) mass is 394 g/mol. The molecular weight excluding hydrogens is 376 g/mol. The molecule has 0 saturated carbocycles. The van der Waals surface area contributed by atoms with Crippen LogP contribution in [0.15, 0.2) is 42.7 Å². The van der Waals surface area contributed by atoms with Crippen molar-refractivity contribution in [2.45, 2.75) is 12.5 Å². The number of nitrogens with one attached hydrogen (secondary N) is 2. The van der Waals surface area contributed by atoms with Crippen molar-refractivity contribution in [2.75, 3.05) is 19.5 Å². The summed E-state index contributed by atoms with van der Waals surface area (Å²) in [4.78, 5) is 29.0. The summed E-state index contributed by atoms with van der Waals surface area (Å²) >= 11 is 0. The van der Waals surface area contributed by atoms with Gasteiger partial charge in [0.05, 0.1) is 20.6 Å². The third-order valence-electron chi connectivity index (χ3n) is 4.58. The molecule has 148 valence electrons. The van der Waals surface area contributed by atoms with Crippen LogP contribution >= 0.6 is 0 Å². The fourth-order valence-corrected chi connectivity index (χ4v) is 3.29. The van der Waals surface area contributed by atoms with Gasteiger partial charge in [0.15, 0.2) is 17.3 Å². The highest BCUT2D eigenvalue weighted by molar-refractivity contribution is 5.99. The molecule has 0 aliphatic carbocycles. The molecule has 1 aliphatic rings. The lowest BCUT2D eigenvalue weighted by Gasteiger charge is -2.13. The maximum Gasteiger partial charge on any atom is 0.343 e. The minimum absolute atomic E-state index is 0.0270. The van der Waals surface area contributed by atoms with E-state index in [2.05, 4.69) is 20.5 Å². The number of ether oxygens (including phenoxy) is 3. The van der Waals surface area contributed by atoms with Gasteiger partial charge in [-0.3, -0.25) is 9.89 Å². The number of carbonyl (C=O) groups is 2. The number of amides is 1. The van der Waals surface area contributed by atoms with E-state index in [4.69, 9.17) is 14.2 Å². The van der Waals surface area contributed by atoms with Crippen LogP contribution in [0.2, 0.25) is 0 Å². The van der Waals surface area contributed by atoms with E-state index in [0.29, 0.717) is 28.6 Å². The van der Waals surface area contributed by atoms with E-state index in [-0.39, 0.29) is 17.9 Å². The fourth-order valence-electron chi connectivity index (χ4n) is 3.29. The third kappa shape index (κ3) is 3.49. The number of methoxy groups -OCH3 is 2. The minimum Gasteiger partial charge on any atom is -0.493 e. The lowest BCUT2D eigenvalue weighted by molar-refractivity contribution is -0.118. The number of rotatable bonds is 6. The molecule has 0 unspecified atom stereocenters. The smallest absolute Gasteiger partial charge is 0.343 e. The predicted molar refractivity (Wildman–Crippen MR) is 103 cm³/mol. The first-order valence-corrected chi connectivity index (χ1v) is 8.82. The van der Waals surface area contributed by atoms with Gasteiger partial charge in [0.2, 0.25) is 5.91 Å². The molecule has 0 bridgehead atoms. The largest absolute Gasteiger partial charge is 0.493 e. The fraction of sp³-hybridized carbons (Fsp3) is 0.200. The lowest BCUT2D eigenvalue weighted by Crippen LogP contribution is -2.15. The molecule has 3 aromatic rings. The molecule has 2 heterocycles. The van der Waals surface area contributed by atoms with Crippen LogP contribution in [-0.4, -0.2) is 41.3 Å². The maximum atomic E-state index is 12.6. The Balaban J connectivity index is 1.51. The zero-order valence-corrected chi connectivity index (χ0v) is 15.8. The van der Waals surface area contributed by atoms with Crippen LogP contribution in [-0.2, 0) is 9.53 Å². The van der Waals surface area contributed by atoms with E-state index in [1.807, 2.05) is 6.07 Å². The van der Waals surface area contributed by atoms with Crippen molar-refractivity contribution in [1.29, 1.82) is 0 Å². The topological polar surface area (TPSA) is 115 Å². The molecule has 1 atom stereocenters. The number of aromatic amines is 1. The summed E-state index contributed by atoms with van der Waals surface area (Å²) in [7, 11) is 2.94. The number of hydrogen-bond donors (Lipinski definition) is 2. The highest BCUT2D eigenvalue weighted by Gasteiger charge is 2.36. The van der Waals surface area contributed by atoms with Crippen LogP contribution in [0, 0.1) is 0 Å². The number of nitrogens with zero attached hydrogens (tertiary/aromatic N) is 2. The van der Waals surface area contributed by atoms with Gasteiger partial charge in [-0.05, 0) is 18.2 Å². The van der Waals surface area contributed by atoms with Crippen LogP contribution in [0.25, 0.3) is 11.4 Å². The van der Waals surface area contributed by atoms with Gasteiger partial charge in [0, 0.05) is 16.8 Å². The number of carbonyl (C=O) groups excluding carboxylic acids is 2. The standard InChI is InChI=1S/C20H18N4O5/c1-27-14-7-6-13-15(29-20(26)17(13)18(14)28-2)9-16(25)23-12-5-3-4-11(8-12)19-21-10-22-24-19/h3-8,10,15H,9H2,1-2H3,(H,23,25)(H,21,22,24)/t15-/m1/s1. The highest BCUT2D eigenvalue weighted by Crippen LogP contribution is 2.43. The zero-order chi connectivity index (χ0) is 20.4. The molecule has 29 heavy (non-hydrogen) atoms. The van der Waals surface area contributed by atoms with Gasteiger partial charge < -0.3 is 19.5 Å². The normalized spacial score (nSPS) is 14.8. The molecule has 0 radical (unpaired) electrons. The summed E-state index contributed by atoms with van der Waals surface area (Å²) in [6, 6.07) is 10.6. The van der Waals surface area contributed by atoms with Gasteiger partial charge in [-0.2, -0.15) is 5.10 Å². The first kappa shape index (κ1) is 18.5. The zero-order valence-electron chi connectivity index (χ0n) is 15.8. The summed E-state index contributed by atoms with van der Waals surface area (Å²) in [6.07, 6.45) is 0.686. The average Bonchev–Trinajstić information content (AvgIpc) is 3.36. The molecule has 9 nitrogen and oxygen atoms in total. The second-order valence-electron chi connectivity index (χ2n) is 6.33. The summed E-state index contributed by atoms with van der Waals surface area (Å²) < 4.78 is 15.9. The van der Waals surface area contributed by atoms with Crippen LogP contribution < -0.4 is 14.8 Å². The van der Waals surface area contributed by atoms with Crippen LogP contribution in [0.1, 0.15) is 28.4 Å². The second kappa shape index (κ2) is 7.63. The lowest BCUT2D eigenvalue weighted by atomic mass is 10.0. The molecular formula is C20H18N4O5. The second-order valence-corrected chi connectivity index (χ2v) is 6.33. The van der Waals surface area contributed by atoms with Gasteiger partial charge in [-0.25, -0.2) is 9.78 Å². The number of hydrogen-bond acceptors (Lipinski definition) is 7. The molecule has 1 aromatic heterocycles. The summed E-state index contributed by atoms with van der Waals surface area (Å²) in [5, 5.41) is 9.42. The molecule has 9 heteroatoms. The van der Waals surface area contributed by atoms with Crippen molar-refractivity contribution in [3.63, 3.8) is 0 Å². The molecule has 0 fully saturated rings. The van der Waals surface area contributed by atoms with Crippen molar-refractivity contribution in [1.82, 2.24) is 15.2 Å². The molecule has 2 N–H and O–H groups in total. The third-order valence-corrected chi connectivity index (χ3v) is 4.58. The van der Waals surface area contributed by atoms with Crippen molar-refractivity contribution in [3.8, 4) is 22.9 Å². The Labute approximate surface area is 166 Å². The van der Waals surface area contributed by atoms with Crippen molar-refractivity contribution < 1.29 is 23.8 Å². The van der Waals surface area contributed by atoms with Gasteiger partial charge in [-0.15, -0.1) is 0 Å². The molecule has 2 aromatic carbocycles. The molecule has 0 spiro atoms. The summed E-state index contributed by atoms with van der Waals surface area (Å²) in [5.41, 5.74) is 2.27. The number of aromatic nitrogens is 3. The van der Waals surface area contributed by atoms with Gasteiger partial charge in [-0.1, -0.05) is 18.2 Å². The quantitative estimate of drug-likeness (QED) is 0.618. The van der Waals surface area contributed by atoms with E-state index in [1.54, 1.807) is 30.3 Å². The van der Waals surface area contributed by atoms with Crippen molar-refractivity contribution >= 4 is 17.6 Å². The van der Waals surface area contributed by atoms with E-state index in [9.17, 15) is 9.59 Å². The number of anilines is 1. The number of fused-ring (bicyclic) bond motifs is 1. The summed E-state index contributed by atoms with van der Waals surface area (Å²) in [5.74, 6) is 0.497. The Kier molecular flexibility index (Phi) is 4.86. The first-order valence-electron chi connectivity index (χ1n) is 8.82. The molecule has 4 rings (SSSR count). The van der Waals surface area contributed by atoms with Crippen LogP contribution in [0.4, 0.5) is 5.69 Å². The maximum absolute atomic E-state index is 12.6. The number of benzene rings is 2. The Morgan fingerprint density at radius 3 is 2.83 bits per heavy atom. The van der Waals surface area contributed by atoms with Gasteiger partial charge in [0.1, 0.15) is 18.0 Å². The van der Waals surface area contributed by atoms with Crippen molar-refractivity contribution in [3.05, 3.63) is 53.9 Å². The molecule has 0 saturated heterocycles. The van der Waals surface area contributed by atoms with Crippen LogP contribution in [0.5, 0.6) is 11.5 Å². The number of H-pyrrole nitrogens is 1. The number of esters is 1. The Hall–Kier alpha value is -3.88. The van der Waals surface area contributed by atoms with E-state index in [0.717, 1.165) is 5.56 Å². The van der Waals surface area contributed by atoms with Gasteiger partial charge in [0.25, 0.3) is 0 Å². The first-order chi connectivity index (χ1) is 14.1. The van der Waals surface area contributed by atoms with Crippen molar-refractivity contribution in [2.24, 2.45) is 0 Å². The highest BCUT2D eigenvalue weighted by atomic mass is 16.6. The Bertz CT molecular complexity index is 1060. The summed E-state index contributed by atoms with van der Waals surface area (Å²) in [6.45, 7) is 0. The average molecular weight is 394 g/mol. The molecule has 1 amide bonds. The van der Waals surface area contributed by atoms with E-state index < -0.39 is 12.1 Å². The molecule has 1 aliphatic heterocycles. The van der Waals surface area contributed by atoms with Gasteiger partial charge >= 0.3 is 5.97 Å². The predicted octanol–water partition coefficient (Wildman–Crippen LogP) is 2.73. The Morgan fingerprint density at radius 1 is 1.24 bits per heavy atom. The van der Waals surface area contributed by atoms with E-state index in [1.165, 1.54) is 20.5 Å². The Morgan fingerprint density at radius 2 is 2.10 bits per heavy atom. The van der Waals surface area contributed by atoms with Crippen LogP contribution in [0.3, 0.4) is 0 Å². The minimum atomic E-state index is -0.699. The van der Waals surface area contributed by atoms with E-state index >= 15 is 0 Å².